The van der Waals surface area contributed by atoms with E-state index in [9.17, 15) is 9.59 Å². The first-order valence-electron chi connectivity index (χ1n) is 13.2. The summed E-state index contributed by atoms with van der Waals surface area (Å²) < 4.78 is 10.5. The number of para-hydroxylation sites is 1. The molecule has 1 aromatic heterocycles. The van der Waals surface area contributed by atoms with Crippen LogP contribution in [0, 0.1) is 0 Å². The van der Waals surface area contributed by atoms with Gasteiger partial charge < -0.3 is 4.74 Å². The normalized spacial score (nSPS) is 19.7. The molecule has 0 aliphatic carbocycles. The molecule has 0 radical (unpaired) electrons. The SMILES string of the molecule is CCCCCCCCCCC/C=C/[C@@H]1C[C@H]2C(=CCn3c(=O)n(-c4ccccc4)c(=O)n32)CO1. The molecule has 1 saturated heterocycles. The molecule has 0 amide bonds. The summed E-state index contributed by atoms with van der Waals surface area (Å²) in [6.45, 7) is 3.18. The minimum absolute atomic E-state index is 0.0330. The average Bonchev–Trinajstić information content (AvgIpc) is 3.13. The zero-order valence-electron chi connectivity index (χ0n) is 20.5. The van der Waals surface area contributed by atoms with Crippen LogP contribution in [0.5, 0.6) is 0 Å². The third-order valence-corrected chi connectivity index (χ3v) is 7.07. The third-order valence-electron chi connectivity index (χ3n) is 7.07. The zero-order chi connectivity index (χ0) is 23.8. The van der Waals surface area contributed by atoms with E-state index >= 15 is 0 Å². The van der Waals surface area contributed by atoms with E-state index in [0.717, 1.165) is 12.0 Å². The second-order valence-electron chi connectivity index (χ2n) is 9.59. The van der Waals surface area contributed by atoms with E-state index in [4.69, 9.17) is 4.74 Å². The highest BCUT2D eigenvalue weighted by Crippen LogP contribution is 2.31. The predicted octanol–water partition coefficient (Wildman–Crippen LogP) is 5.55. The number of ether oxygens (including phenoxy) is 1. The van der Waals surface area contributed by atoms with E-state index in [1.54, 1.807) is 21.5 Å². The van der Waals surface area contributed by atoms with E-state index in [-0.39, 0.29) is 23.5 Å². The average molecular weight is 466 g/mol. The van der Waals surface area contributed by atoms with E-state index < -0.39 is 0 Å². The van der Waals surface area contributed by atoms with E-state index in [2.05, 4.69) is 19.1 Å². The summed E-state index contributed by atoms with van der Waals surface area (Å²) in [7, 11) is 0. The van der Waals surface area contributed by atoms with Crippen molar-refractivity contribution in [3.05, 3.63) is 75.1 Å². The molecule has 0 unspecified atom stereocenters. The number of aromatic nitrogens is 3. The van der Waals surface area contributed by atoms with E-state index in [0.29, 0.717) is 25.3 Å². The monoisotopic (exact) mass is 465 g/mol. The molecule has 2 atom stereocenters. The number of hydrogen-bond donors (Lipinski definition) is 0. The Morgan fingerprint density at radius 3 is 2.38 bits per heavy atom. The molecule has 4 rings (SSSR count). The molecular formula is C28H39N3O3. The van der Waals surface area contributed by atoms with Gasteiger partial charge >= 0.3 is 11.4 Å². The van der Waals surface area contributed by atoms with Crippen molar-refractivity contribution in [1.82, 2.24) is 13.9 Å². The lowest BCUT2D eigenvalue weighted by Crippen LogP contribution is -2.40. The van der Waals surface area contributed by atoms with Crippen LogP contribution < -0.4 is 11.4 Å². The molecule has 0 N–H and O–H groups in total. The van der Waals surface area contributed by atoms with Gasteiger partial charge in [0.05, 0.1) is 31.0 Å². The molecule has 0 bridgehead atoms. The lowest BCUT2D eigenvalue weighted by Gasteiger charge is -2.34. The minimum Gasteiger partial charge on any atom is -0.370 e. The molecule has 2 aliphatic heterocycles. The Morgan fingerprint density at radius 1 is 0.941 bits per heavy atom. The largest absolute Gasteiger partial charge is 0.370 e. The van der Waals surface area contributed by atoms with Crippen LogP contribution in [0.4, 0.5) is 0 Å². The van der Waals surface area contributed by atoms with Gasteiger partial charge in [-0.25, -0.2) is 23.5 Å². The van der Waals surface area contributed by atoms with Gasteiger partial charge in [0.25, 0.3) is 0 Å². The maximum atomic E-state index is 13.3. The van der Waals surface area contributed by atoms with E-state index in [1.165, 1.54) is 62.4 Å². The van der Waals surface area contributed by atoms with Crippen molar-refractivity contribution in [1.29, 1.82) is 0 Å². The molecule has 1 aromatic carbocycles. The summed E-state index contributed by atoms with van der Waals surface area (Å²) in [5.41, 5.74) is 1.15. The van der Waals surface area contributed by atoms with Gasteiger partial charge in [0.2, 0.25) is 0 Å². The van der Waals surface area contributed by atoms with Crippen molar-refractivity contribution in [2.24, 2.45) is 0 Å². The highest BCUT2D eigenvalue weighted by molar-refractivity contribution is 5.31. The summed E-state index contributed by atoms with van der Waals surface area (Å²) in [6.07, 6.45) is 20.2. The number of unbranched alkanes of at least 4 members (excludes halogenated alkanes) is 9. The smallest absolute Gasteiger partial charge is 0.352 e. The molecule has 0 saturated carbocycles. The predicted molar refractivity (Wildman–Crippen MR) is 137 cm³/mol. The van der Waals surface area contributed by atoms with Crippen LogP contribution in [0.15, 0.2) is 63.7 Å². The van der Waals surface area contributed by atoms with Crippen LogP contribution >= 0.6 is 0 Å². The van der Waals surface area contributed by atoms with Crippen molar-refractivity contribution >= 4 is 0 Å². The first kappa shape index (κ1) is 24.5. The fraction of sp³-hybridized carbons (Fsp3) is 0.571. The summed E-state index contributed by atoms with van der Waals surface area (Å²) in [6, 6.07) is 9.03. The van der Waals surface area contributed by atoms with Gasteiger partial charge in [-0.3, -0.25) is 0 Å². The van der Waals surface area contributed by atoms with Crippen molar-refractivity contribution in [3.63, 3.8) is 0 Å². The summed E-state index contributed by atoms with van der Waals surface area (Å²) in [4.78, 5) is 26.3. The zero-order valence-corrected chi connectivity index (χ0v) is 20.5. The molecule has 2 aromatic rings. The Balaban J connectivity index is 1.31. The molecular weight excluding hydrogens is 426 g/mol. The Bertz CT molecular complexity index is 1090. The lowest BCUT2D eigenvalue weighted by atomic mass is 9.96. The molecule has 34 heavy (non-hydrogen) atoms. The highest BCUT2D eigenvalue weighted by Gasteiger charge is 2.33. The van der Waals surface area contributed by atoms with Crippen molar-refractivity contribution in [2.45, 2.75) is 96.2 Å². The van der Waals surface area contributed by atoms with Gasteiger partial charge in [0.1, 0.15) is 0 Å². The maximum absolute atomic E-state index is 13.3. The van der Waals surface area contributed by atoms with Crippen LogP contribution in [0.1, 0.15) is 83.6 Å². The van der Waals surface area contributed by atoms with Gasteiger partial charge in [-0.1, -0.05) is 94.7 Å². The molecule has 2 aliphatic rings. The molecule has 0 spiro atoms. The van der Waals surface area contributed by atoms with Gasteiger partial charge in [0.15, 0.2) is 0 Å². The van der Waals surface area contributed by atoms with E-state index in [1.807, 2.05) is 24.3 Å². The molecule has 184 valence electrons. The lowest BCUT2D eigenvalue weighted by molar-refractivity contribution is 0.0483. The molecule has 3 heterocycles. The second kappa shape index (κ2) is 12.2. The standard InChI is InChI=1S/C28H39N3O3/c1-2-3-4-5-6-7-8-9-10-11-15-18-25-21-26-23(22-34-25)19-20-29-27(32)30(28(33)31(26)29)24-16-13-12-14-17-24/h12-19,25-26H,2-11,20-22H2,1H3/b18-15+/t25-,26+/m1/s1. The molecule has 6 nitrogen and oxygen atoms in total. The Morgan fingerprint density at radius 2 is 1.65 bits per heavy atom. The van der Waals surface area contributed by atoms with Crippen LogP contribution in [-0.4, -0.2) is 26.6 Å². The summed E-state index contributed by atoms with van der Waals surface area (Å²) >= 11 is 0. The van der Waals surface area contributed by atoms with Crippen molar-refractivity contribution < 1.29 is 4.74 Å². The van der Waals surface area contributed by atoms with Gasteiger partial charge in [-0.15, -0.1) is 0 Å². The molecule has 1 fully saturated rings. The first-order valence-corrected chi connectivity index (χ1v) is 13.2. The first-order chi connectivity index (χ1) is 16.7. The number of benzene rings is 1. The van der Waals surface area contributed by atoms with Crippen molar-refractivity contribution in [3.8, 4) is 5.69 Å². The van der Waals surface area contributed by atoms with Crippen molar-refractivity contribution in [2.75, 3.05) is 6.61 Å². The van der Waals surface area contributed by atoms with Gasteiger partial charge in [-0.2, -0.15) is 0 Å². The number of hydrogen-bond acceptors (Lipinski definition) is 3. The van der Waals surface area contributed by atoms with Crippen LogP contribution in [0.3, 0.4) is 0 Å². The van der Waals surface area contributed by atoms with Crippen LogP contribution in [0.25, 0.3) is 5.69 Å². The summed E-state index contributed by atoms with van der Waals surface area (Å²) in [5, 5.41) is 0. The van der Waals surface area contributed by atoms with Crippen LogP contribution in [0.2, 0.25) is 0 Å². The molecule has 6 heteroatoms. The Kier molecular flexibility index (Phi) is 8.80. The fourth-order valence-corrected chi connectivity index (χ4v) is 5.11. The fourth-order valence-electron chi connectivity index (χ4n) is 5.11. The quantitative estimate of drug-likeness (QED) is 0.305. The number of rotatable bonds is 12. The highest BCUT2D eigenvalue weighted by atomic mass is 16.5. The second-order valence-corrected chi connectivity index (χ2v) is 9.59. The summed E-state index contributed by atoms with van der Waals surface area (Å²) in [5.74, 6) is 0. The van der Waals surface area contributed by atoms with Crippen LogP contribution in [-0.2, 0) is 11.3 Å². The number of fused-ring (bicyclic) bond motifs is 3. The van der Waals surface area contributed by atoms with Gasteiger partial charge in [-0.05, 0) is 30.5 Å². The maximum Gasteiger partial charge on any atom is 0.352 e. The minimum atomic E-state index is -0.282. The number of nitrogens with zero attached hydrogens (tertiary/aromatic N) is 3. The van der Waals surface area contributed by atoms with Gasteiger partial charge in [0, 0.05) is 6.42 Å². The Labute approximate surface area is 202 Å². The topological polar surface area (TPSA) is 58.2 Å². The third kappa shape index (κ3) is 5.72. The number of allylic oxidation sites excluding steroid dienone is 2. The Hall–Kier alpha value is -2.60.